The average molecular weight is 253 g/mol. The molecule has 106 valence electrons. The summed E-state index contributed by atoms with van der Waals surface area (Å²) >= 11 is 0. The van der Waals surface area contributed by atoms with Crippen LogP contribution in [0.15, 0.2) is 0 Å². The van der Waals surface area contributed by atoms with Crippen LogP contribution in [0.4, 0.5) is 0 Å². The molecule has 0 aromatic carbocycles. The molecule has 18 heavy (non-hydrogen) atoms. The zero-order valence-corrected chi connectivity index (χ0v) is 12.3. The second-order valence-electron chi connectivity index (χ2n) is 6.26. The van der Waals surface area contributed by atoms with Crippen molar-refractivity contribution in [1.82, 2.24) is 5.32 Å². The summed E-state index contributed by atoms with van der Waals surface area (Å²) in [6, 6.07) is 0.591. The highest BCUT2D eigenvalue weighted by Crippen LogP contribution is 2.40. The summed E-state index contributed by atoms with van der Waals surface area (Å²) in [5.74, 6) is 0.844. The fourth-order valence-electron chi connectivity index (χ4n) is 4.26. The highest BCUT2D eigenvalue weighted by molar-refractivity contribution is 4.99. The lowest BCUT2D eigenvalue weighted by molar-refractivity contribution is -0.0848. The van der Waals surface area contributed by atoms with Crippen LogP contribution in [-0.4, -0.2) is 25.3 Å². The molecule has 2 fully saturated rings. The normalized spacial score (nSPS) is 27.0. The summed E-state index contributed by atoms with van der Waals surface area (Å²) < 4.78 is 6.08. The van der Waals surface area contributed by atoms with Crippen LogP contribution in [0.1, 0.15) is 71.1 Å². The molecule has 2 nitrogen and oxygen atoms in total. The SMILES string of the molecule is CCNC(C1CCCCC1)C1(OC)CCCCC1. The summed E-state index contributed by atoms with van der Waals surface area (Å²) in [7, 11) is 1.94. The fourth-order valence-corrected chi connectivity index (χ4v) is 4.26. The number of hydrogen-bond acceptors (Lipinski definition) is 2. The Kier molecular flexibility index (Phi) is 5.50. The van der Waals surface area contributed by atoms with Crippen LogP contribution in [0.2, 0.25) is 0 Å². The van der Waals surface area contributed by atoms with E-state index in [4.69, 9.17) is 4.74 Å². The van der Waals surface area contributed by atoms with E-state index in [2.05, 4.69) is 12.2 Å². The van der Waals surface area contributed by atoms with Gasteiger partial charge in [-0.15, -0.1) is 0 Å². The third-order valence-corrected chi connectivity index (χ3v) is 5.22. The van der Waals surface area contributed by atoms with E-state index in [9.17, 15) is 0 Å². The van der Waals surface area contributed by atoms with Gasteiger partial charge in [0.15, 0.2) is 0 Å². The van der Waals surface area contributed by atoms with Gasteiger partial charge in [-0.25, -0.2) is 0 Å². The average Bonchev–Trinajstić information content (AvgIpc) is 2.46. The van der Waals surface area contributed by atoms with E-state index >= 15 is 0 Å². The predicted octanol–water partition coefficient (Wildman–Crippen LogP) is 3.89. The van der Waals surface area contributed by atoms with Crippen molar-refractivity contribution in [1.29, 1.82) is 0 Å². The monoisotopic (exact) mass is 253 g/mol. The molecule has 1 unspecified atom stereocenters. The smallest absolute Gasteiger partial charge is 0.0833 e. The number of likely N-dealkylation sites (N-methyl/N-ethyl adjacent to an activating group) is 1. The summed E-state index contributed by atoms with van der Waals surface area (Å²) in [6.45, 7) is 3.31. The van der Waals surface area contributed by atoms with Gasteiger partial charge in [0.25, 0.3) is 0 Å². The first kappa shape index (κ1) is 14.3. The Morgan fingerprint density at radius 1 is 1.06 bits per heavy atom. The molecule has 2 aliphatic carbocycles. The topological polar surface area (TPSA) is 21.3 Å². The van der Waals surface area contributed by atoms with Crippen molar-refractivity contribution in [2.75, 3.05) is 13.7 Å². The van der Waals surface area contributed by atoms with Gasteiger partial charge in [0.05, 0.1) is 5.60 Å². The highest BCUT2D eigenvalue weighted by Gasteiger charge is 2.43. The lowest BCUT2D eigenvalue weighted by Gasteiger charge is -2.47. The molecule has 0 bridgehead atoms. The number of methoxy groups -OCH3 is 1. The Morgan fingerprint density at radius 2 is 1.67 bits per heavy atom. The van der Waals surface area contributed by atoms with E-state index in [0.717, 1.165) is 12.5 Å². The Morgan fingerprint density at radius 3 is 2.22 bits per heavy atom. The van der Waals surface area contributed by atoms with Gasteiger partial charge in [-0.2, -0.15) is 0 Å². The molecular weight excluding hydrogens is 222 g/mol. The highest BCUT2D eigenvalue weighted by atomic mass is 16.5. The Balaban J connectivity index is 2.09. The molecule has 2 aliphatic rings. The number of nitrogens with one attached hydrogen (secondary N) is 1. The van der Waals surface area contributed by atoms with Gasteiger partial charge in [-0.1, -0.05) is 45.4 Å². The lowest BCUT2D eigenvalue weighted by atomic mass is 9.70. The Labute approximate surface area is 113 Å². The molecule has 1 N–H and O–H groups in total. The second-order valence-corrected chi connectivity index (χ2v) is 6.26. The minimum atomic E-state index is 0.135. The van der Waals surface area contributed by atoms with E-state index < -0.39 is 0 Å². The predicted molar refractivity (Wildman–Crippen MR) is 76.9 cm³/mol. The summed E-state index contributed by atoms with van der Waals surface area (Å²) in [5, 5.41) is 3.79. The van der Waals surface area contributed by atoms with Gasteiger partial charge in [0.2, 0.25) is 0 Å². The molecule has 1 atom stereocenters. The van der Waals surface area contributed by atoms with Crippen LogP contribution < -0.4 is 5.32 Å². The number of ether oxygens (including phenoxy) is 1. The molecule has 2 saturated carbocycles. The van der Waals surface area contributed by atoms with Gasteiger partial charge in [-0.05, 0) is 38.1 Å². The van der Waals surface area contributed by atoms with Crippen molar-refractivity contribution in [2.45, 2.75) is 82.8 Å². The van der Waals surface area contributed by atoms with E-state index in [-0.39, 0.29) is 5.60 Å². The number of rotatable bonds is 5. The zero-order valence-electron chi connectivity index (χ0n) is 12.3. The summed E-state index contributed by atoms with van der Waals surface area (Å²) in [6.07, 6.45) is 13.7. The van der Waals surface area contributed by atoms with Gasteiger partial charge < -0.3 is 10.1 Å². The molecule has 0 saturated heterocycles. The van der Waals surface area contributed by atoms with Crippen molar-refractivity contribution in [3.8, 4) is 0 Å². The molecule has 0 spiro atoms. The van der Waals surface area contributed by atoms with Gasteiger partial charge >= 0.3 is 0 Å². The standard InChI is InChI=1S/C16H31NO/c1-3-17-15(14-10-6-4-7-11-14)16(18-2)12-8-5-9-13-16/h14-15,17H,3-13H2,1-2H3. The molecular formula is C16H31NO. The first-order valence-electron chi connectivity index (χ1n) is 8.11. The van der Waals surface area contributed by atoms with Crippen molar-refractivity contribution < 1.29 is 4.74 Å². The summed E-state index contributed by atoms with van der Waals surface area (Å²) in [4.78, 5) is 0. The maximum atomic E-state index is 6.08. The lowest BCUT2D eigenvalue weighted by Crippen LogP contribution is -2.57. The largest absolute Gasteiger partial charge is 0.377 e. The van der Waals surface area contributed by atoms with Crippen LogP contribution in [0.5, 0.6) is 0 Å². The maximum absolute atomic E-state index is 6.08. The first-order chi connectivity index (χ1) is 8.82. The third kappa shape index (κ3) is 3.08. The second kappa shape index (κ2) is 6.91. The number of hydrogen-bond donors (Lipinski definition) is 1. The zero-order chi connectivity index (χ0) is 12.8. The van der Waals surface area contributed by atoms with Crippen LogP contribution >= 0.6 is 0 Å². The van der Waals surface area contributed by atoms with E-state index in [1.54, 1.807) is 0 Å². The Hall–Kier alpha value is -0.0800. The third-order valence-electron chi connectivity index (χ3n) is 5.22. The fraction of sp³-hybridized carbons (Fsp3) is 1.00. The molecule has 0 amide bonds. The van der Waals surface area contributed by atoms with Crippen molar-refractivity contribution in [2.24, 2.45) is 5.92 Å². The van der Waals surface area contributed by atoms with Gasteiger partial charge in [0.1, 0.15) is 0 Å². The van der Waals surface area contributed by atoms with Crippen LogP contribution in [-0.2, 0) is 4.74 Å². The first-order valence-corrected chi connectivity index (χ1v) is 8.11. The quantitative estimate of drug-likeness (QED) is 0.802. The molecule has 0 heterocycles. The van der Waals surface area contributed by atoms with Gasteiger partial charge in [-0.3, -0.25) is 0 Å². The molecule has 0 aliphatic heterocycles. The maximum Gasteiger partial charge on any atom is 0.0833 e. The van der Waals surface area contributed by atoms with Crippen molar-refractivity contribution in [3.63, 3.8) is 0 Å². The minimum absolute atomic E-state index is 0.135. The van der Waals surface area contributed by atoms with E-state index in [1.165, 1.54) is 64.2 Å². The van der Waals surface area contributed by atoms with E-state index in [0.29, 0.717) is 6.04 Å². The molecule has 0 aromatic heterocycles. The van der Waals surface area contributed by atoms with Crippen molar-refractivity contribution in [3.05, 3.63) is 0 Å². The van der Waals surface area contributed by atoms with E-state index in [1.807, 2.05) is 7.11 Å². The summed E-state index contributed by atoms with van der Waals surface area (Å²) in [5.41, 5.74) is 0.135. The minimum Gasteiger partial charge on any atom is -0.377 e. The molecule has 0 radical (unpaired) electrons. The van der Waals surface area contributed by atoms with Gasteiger partial charge in [0, 0.05) is 13.2 Å². The Bertz CT molecular complexity index is 229. The van der Waals surface area contributed by atoms with Crippen molar-refractivity contribution >= 4 is 0 Å². The van der Waals surface area contributed by atoms with Crippen LogP contribution in [0.3, 0.4) is 0 Å². The molecule has 2 heteroatoms. The van der Waals surface area contributed by atoms with Crippen LogP contribution in [0.25, 0.3) is 0 Å². The van der Waals surface area contributed by atoms with Crippen LogP contribution in [0, 0.1) is 5.92 Å². The molecule has 0 aromatic rings. The molecule has 2 rings (SSSR count).